The van der Waals surface area contributed by atoms with E-state index in [1.54, 1.807) is 0 Å². The first-order valence-electron chi connectivity index (χ1n) is 17.0. The smallest absolute Gasteiger partial charge is 0.224 e. The molecule has 4 N–H and O–H groups in total. The minimum absolute atomic E-state index is 0.0202. The van der Waals surface area contributed by atoms with Crippen molar-refractivity contribution in [3.63, 3.8) is 0 Å². The molecule has 3 aromatic rings. The van der Waals surface area contributed by atoms with E-state index in [1.165, 1.54) is 6.92 Å². The van der Waals surface area contributed by atoms with Gasteiger partial charge in [-0.1, -0.05) is 73.5 Å². The average Bonchev–Trinajstić information content (AvgIpc) is 3.08. The van der Waals surface area contributed by atoms with Crippen LogP contribution in [0.2, 0.25) is 5.02 Å². The van der Waals surface area contributed by atoms with Crippen LogP contribution in [0.1, 0.15) is 87.0 Å². The molecular formula is C38H48ClN3O6. The maximum absolute atomic E-state index is 12.7. The van der Waals surface area contributed by atoms with Crippen LogP contribution in [-0.2, 0) is 31.3 Å². The van der Waals surface area contributed by atoms with Crippen molar-refractivity contribution >= 4 is 29.1 Å². The highest BCUT2D eigenvalue weighted by molar-refractivity contribution is 6.30. The zero-order valence-corrected chi connectivity index (χ0v) is 28.6. The summed E-state index contributed by atoms with van der Waals surface area (Å²) in [6.07, 6.45) is 2.97. The lowest BCUT2D eigenvalue weighted by Gasteiger charge is -2.45. The van der Waals surface area contributed by atoms with Crippen molar-refractivity contribution in [1.82, 2.24) is 10.2 Å². The molecule has 2 aliphatic rings. The maximum Gasteiger partial charge on any atom is 0.224 e. The average molecular weight is 678 g/mol. The minimum atomic E-state index is -0.889. The SMILES string of the molecule is CC(=O)NCCCCCC(=O)Nc1cccc(C2OC(CN3CCC(O)(c4ccc(Cl)cc4)CC3)C(C)C(c3ccc(CO)cc3)O2)c1. The Balaban J connectivity index is 1.25. The van der Waals surface area contributed by atoms with Crippen molar-refractivity contribution in [3.05, 3.63) is 100 Å². The topological polar surface area (TPSA) is 120 Å². The first-order valence-corrected chi connectivity index (χ1v) is 17.4. The number of rotatable bonds is 13. The number of ether oxygens (including phenoxy) is 2. The number of piperidine rings is 1. The van der Waals surface area contributed by atoms with Crippen LogP contribution in [0.15, 0.2) is 72.8 Å². The number of anilines is 1. The van der Waals surface area contributed by atoms with Gasteiger partial charge in [-0.2, -0.15) is 0 Å². The van der Waals surface area contributed by atoms with Gasteiger partial charge in [0.05, 0.1) is 24.4 Å². The van der Waals surface area contributed by atoms with E-state index in [0.717, 1.165) is 54.6 Å². The Morgan fingerprint density at radius 2 is 1.69 bits per heavy atom. The van der Waals surface area contributed by atoms with E-state index in [1.807, 2.05) is 72.8 Å². The quantitative estimate of drug-likeness (QED) is 0.158. The molecule has 2 aliphatic heterocycles. The van der Waals surface area contributed by atoms with Crippen molar-refractivity contribution < 1.29 is 29.3 Å². The van der Waals surface area contributed by atoms with E-state index in [-0.39, 0.29) is 36.5 Å². The number of nitrogens with zero attached hydrogens (tertiary/aromatic N) is 1. The Morgan fingerprint density at radius 3 is 2.38 bits per heavy atom. The highest BCUT2D eigenvalue weighted by Crippen LogP contribution is 2.43. The second kappa shape index (κ2) is 16.9. The van der Waals surface area contributed by atoms with Crippen LogP contribution in [0.3, 0.4) is 0 Å². The maximum atomic E-state index is 12.7. The minimum Gasteiger partial charge on any atom is -0.392 e. The van der Waals surface area contributed by atoms with Gasteiger partial charge in [-0.05, 0) is 66.6 Å². The molecule has 2 amide bonds. The van der Waals surface area contributed by atoms with Crippen molar-refractivity contribution in [1.29, 1.82) is 0 Å². The van der Waals surface area contributed by atoms with Crippen LogP contribution in [0.25, 0.3) is 0 Å². The van der Waals surface area contributed by atoms with Crippen LogP contribution in [0, 0.1) is 5.92 Å². The lowest BCUT2D eigenvalue weighted by Crippen LogP contribution is -2.49. The molecule has 5 rings (SSSR count). The Bertz CT molecular complexity index is 1490. The molecule has 258 valence electrons. The molecule has 10 heteroatoms. The van der Waals surface area contributed by atoms with Gasteiger partial charge >= 0.3 is 0 Å². The second-order valence-corrected chi connectivity index (χ2v) is 13.6. The fraction of sp³-hybridized carbons (Fsp3) is 0.474. The number of hydrogen-bond donors (Lipinski definition) is 4. The summed E-state index contributed by atoms with van der Waals surface area (Å²) in [5.74, 6) is -0.0827. The van der Waals surface area contributed by atoms with Gasteiger partial charge in [0.1, 0.15) is 0 Å². The third-order valence-corrected chi connectivity index (χ3v) is 9.78. The van der Waals surface area contributed by atoms with Crippen LogP contribution < -0.4 is 10.6 Å². The van der Waals surface area contributed by atoms with Crippen LogP contribution in [-0.4, -0.2) is 59.2 Å². The molecule has 0 bridgehead atoms. The molecule has 3 aromatic carbocycles. The van der Waals surface area contributed by atoms with Crippen LogP contribution in [0.4, 0.5) is 5.69 Å². The van der Waals surface area contributed by atoms with Crippen molar-refractivity contribution in [2.75, 3.05) is 31.5 Å². The number of carbonyl (C=O) groups is 2. The predicted molar refractivity (Wildman–Crippen MR) is 186 cm³/mol. The zero-order chi connectivity index (χ0) is 34.1. The number of amides is 2. The number of unbranched alkanes of at least 4 members (excludes halogenated alkanes) is 2. The summed E-state index contributed by atoms with van der Waals surface area (Å²) in [5, 5.41) is 27.5. The monoisotopic (exact) mass is 677 g/mol. The number of aliphatic hydroxyl groups is 2. The van der Waals surface area contributed by atoms with Gasteiger partial charge in [-0.25, -0.2) is 0 Å². The second-order valence-electron chi connectivity index (χ2n) is 13.1. The molecule has 2 fully saturated rings. The number of aliphatic hydroxyl groups excluding tert-OH is 1. The van der Waals surface area contributed by atoms with Crippen LogP contribution in [0.5, 0.6) is 0 Å². The number of benzene rings is 3. The summed E-state index contributed by atoms with van der Waals surface area (Å²) in [6.45, 7) is 6.37. The normalized spacial score (nSPS) is 22.6. The standard InChI is InChI=1S/C38H48ClN3O6/c1-26-34(24-42-21-18-38(46,19-22-42)31-14-16-32(39)17-15-31)47-37(48-36(26)29-12-10-28(25-43)11-13-29)30-7-6-8-33(23-30)41-35(45)9-4-3-5-20-40-27(2)44/h6-8,10-17,23,26,34,36-37,43,46H,3-5,9,18-22,24-25H2,1-2H3,(H,40,44)(H,41,45). The fourth-order valence-corrected chi connectivity index (χ4v) is 6.70. The number of hydrogen-bond acceptors (Lipinski definition) is 7. The Kier molecular flexibility index (Phi) is 12.7. The predicted octanol–water partition coefficient (Wildman–Crippen LogP) is 6.24. The van der Waals surface area contributed by atoms with Gasteiger partial charge in [0.25, 0.3) is 0 Å². The molecular weight excluding hydrogens is 630 g/mol. The Morgan fingerprint density at radius 1 is 0.958 bits per heavy atom. The molecule has 2 heterocycles. The van der Waals surface area contributed by atoms with E-state index in [2.05, 4.69) is 22.5 Å². The third kappa shape index (κ3) is 9.65. The molecule has 0 aliphatic carbocycles. The molecule has 0 saturated carbocycles. The molecule has 4 atom stereocenters. The summed E-state index contributed by atoms with van der Waals surface area (Å²) >= 11 is 6.09. The zero-order valence-electron chi connectivity index (χ0n) is 27.9. The van der Waals surface area contributed by atoms with Gasteiger partial charge in [-0.15, -0.1) is 0 Å². The molecule has 2 saturated heterocycles. The van der Waals surface area contributed by atoms with Gasteiger partial charge in [0, 0.05) is 61.7 Å². The van der Waals surface area contributed by atoms with E-state index < -0.39 is 11.9 Å². The number of likely N-dealkylation sites (tertiary alicyclic amines) is 1. The molecule has 0 spiro atoms. The largest absolute Gasteiger partial charge is 0.392 e. The first-order chi connectivity index (χ1) is 23.1. The van der Waals surface area contributed by atoms with Gasteiger partial charge in [0.2, 0.25) is 11.8 Å². The van der Waals surface area contributed by atoms with Gasteiger partial charge < -0.3 is 35.2 Å². The van der Waals surface area contributed by atoms with Gasteiger partial charge in [-0.3, -0.25) is 9.59 Å². The number of carbonyl (C=O) groups excluding carboxylic acids is 2. The lowest BCUT2D eigenvalue weighted by atomic mass is 9.84. The summed E-state index contributed by atoms with van der Waals surface area (Å²) in [5.41, 5.74) is 3.34. The summed E-state index contributed by atoms with van der Waals surface area (Å²) in [7, 11) is 0. The molecule has 48 heavy (non-hydrogen) atoms. The first kappa shape index (κ1) is 36.0. The van der Waals surface area contributed by atoms with Crippen molar-refractivity contribution in [2.24, 2.45) is 5.92 Å². The Hall–Kier alpha value is -3.31. The highest BCUT2D eigenvalue weighted by atomic mass is 35.5. The van der Waals surface area contributed by atoms with E-state index in [0.29, 0.717) is 43.1 Å². The Labute approximate surface area is 288 Å². The molecule has 9 nitrogen and oxygen atoms in total. The summed E-state index contributed by atoms with van der Waals surface area (Å²) in [4.78, 5) is 26.1. The highest BCUT2D eigenvalue weighted by Gasteiger charge is 2.41. The summed E-state index contributed by atoms with van der Waals surface area (Å²) < 4.78 is 13.3. The lowest BCUT2D eigenvalue weighted by molar-refractivity contribution is -0.277. The number of nitrogens with one attached hydrogen (secondary N) is 2. The molecule has 0 radical (unpaired) electrons. The third-order valence-electron chi connectivity index (χ3n) is 9.52. The van der Waals surface area contributed by atoms with Crippen molar-refractivity contribution in [2.45, 2.75) is 83.1 Å². The van der Waals surface area contributed by atoms with Crippen LogP contribution >= 0.6 is 11.6 Å². The number of halogens is 1. The van der Waals surface area contributed by atoms with E-state index in [4.69, 9.17) is 21.1 Å². The molecule has 4 unspecified atom stereocenters. The summed E-state index contributed by atoms with van der Waals surface area (Å²) in [6, 6.07) is 22.9. The van der Waals surface area contributed by atoms with E-state index in [9.17, 15) is 19.8 Å². The van der Waals surface area contributed by atoms with Crippen molar-refractivity contribution in [3.8, 4) is 0 Å². The fourth-order valence-electron chi connectivity index (χ4n) is 6.58. The van der Waals surface area contributed by atoms with Gasteiger partial charge in [0.15, 0.2) is 6.29 Å². The van der Waals surface area contributed by atoms with E-state index >= 15 is 0 Å². The molecule has 0 aromatic heterocycles.